The van der Waals surface area contributed by atoms with Gasteiger partial charge in [0, 0.05) is 65.9 Å². The number of aliphatic imine (C=N–C) groups is 1. The summed E-state index contributed by atoms with van der Waals surface area (Å²) in [5, 5.41) is 3.54. The highest BCUT2D eigenvalue weighted by Crippen LogP contribution is 2.16. The van der Waals surface area contributed by atoms with Gasteiger partial charge in [0.1, 0.15) is 0 Å². The molecule has 2 aliphatic rings. The van der Waals surface area contributed by atoms with Crippen LogP contribution in [0.25, 0.3) is 0 Å². The van der Waals surface area contributed by atoms with Crippen molar-refractivity contribution in [2.24, 2.45) is 10.9 Å². The number of nitrogens with zero attached hydrogens (tertiary/aromatic N) is 4. The van der Waals surface area contributed by atoms with Gasteiger partial charge in [-0.05, 0) is 32.4 Å². The van der Waals surface area contributed by atoms with Crippen molar-refractivity contribution in [3.05, 3.63) is 0 Å². The van der Waals surface area contributed by atoms with Crippen LogP contribution in [0.1, 0.15) is 26.2 Å². The molecule has 24 heavy (non-hydrogen) atoms. The second-order valence-electron chi connectivity index (χ2n) is 7.01. The van der Waals surface area contributed by atoms with Crippen molar-refractivity contribution in [3.8, 4) is 0 Å². The molecule has 6 heteroatoms. The molecule has 140 valence electrons. The summed E-state index contributed by atoms with van der Waals surface area (Å²) in [4.78, 5) is 12.0. The van der Waals surface area contributed by atoms with Gasteiger partial charge in [0.05, 0.1) is 6.61 Å². The Bertz CT molecular complexity index is 368. The Morgan fingerprint density at radius 2 is 1.88 bits per heavy atom. The maximum Gasteiger partial charge on any atom is 0.193 e. The van der Waals surface area contributed by atoms with Crippen LogP contribution in [0.4, 0.5) is 0 Å². The van der Waals surface area contributed by atoms with E-state index in [0.29, 0.717) is 5.92 Å². The first-order valence-corrected chi connectivity index (χ1v) is 9.66. The third kappa shape index (κ3) is 6.22. The third-order valence-corrected chi connectivity index (χ3v) is 5.30. The van der Waals surface area contributed by atoms with Gasteiger partial charge in [-0.2, -0.15) is 0 Å². The number of ether oxygens (including phenoxy) is 1. The maximum absolute atomic E-state index is 5.28. The van der Waals surface area contributed by atoms with Crippen molar-refractivity contribution in [1.82, 2.24) is 20.0 Å². The van der Waals surface area contributed by atoms with Crippen molar-refractivity contribution >= 4 is 5.96 Å². The molecule has 1 atom stereocenters. The van der Waals surface area contributed by atoms with Crippen molar-refractivity contribution in [3.63, 3.8) is 0 Å². The number of likely N-dealkylation sites (N-methyl/N-ethyl adjacent to an activating group) is 1. The van der Waals surface area contributed by atoms with Crippen LogP contribution < -0.4 is 5.32 Å². The van der Waals surface area contributed by atoms with Gasteiger partial charge in [0.25, 0.3) is 0 Å². The average Bonchev–Trinajstić information content (AvgIpc) is 3.07. The summed E-state index contributed by atoms with van der Waals surface area (Å²) in [6.45, 7) is 13.7. The number of methoxy groups -OCH3 is 1. The van der Waals surface area contributed by atoms with Gasteiger partial charge >= 0.3 is 0 Å². The number of hydrogen-bond acceptors (Lipinski definition) is 4. The van der Waals surface area contributed by atoms with Crippen LogP contribution in [0.3, 0.4) is 0 Å². The van der Waals surface area contributed by atoms with Crippen molar-refractivity contribution in [2.45, 2.75) is 26.2 Å². The first kappa shape index (κ1) is 19.5. The van der Waals surface area contributed by atoms with E-state index in [1.165, 1.54) is 58.5 Å². The molecule has 1 N–H and O–H groups in total. The van der Waals surface area contributed by atoms with Crippen LogP contribution in [-0.4, -0.2) is 100 Å². The van der Waals surface area contributed by atoms with Gasteiger partial charge < -0.3 is 24.8 Å². The average molecular weight is 340 g/mol. The minimum absolute atomic E-state index is 0.648. The van der Waals surface area contributed by atoms with Crippen LogP contribution in [0.5, 0.6) is 0 Å². The summed E-state index contributed by atoms with van der Waals surface area (Å²) in [6.07, 6.45) is 3.68. The van der Waals surface area contributed by atoms with Crippen LogP contribution >= 0.6 is 0 Å². The van der Waals surface area contributed by atoms with Crippen LogP contribution in [-0.2, 0) is 4.74 Å². The highest BCUT2D eigenvalue weighted by atomic mass is 16.5. The summed E-state index contributed by atoms with van der Waals surface area (Å²) in [7, 11) is 3.68. The largest absolute Gasteiger partial charge is 0.384 e. The fraction of sp³-hybridized carbons (Fsp3) is 0.944. The highest BCUT2D eigenvalue weighted by Gasteiger charge is 2.24. The first-order chi connectivity index (χ1) is 11.8. The second kappa shape index (κ2) is 10.9. The van der Waals surface area contributed by atoms with E-state index in [2.05, 4.69) is 31.9 Å². The number of likely N-dealkylation sites (tertiary alicyclic amines) is 1. The summed E-state index contributed by atoms with van der Waals surface area (Å²) >= 11 is 0. The van der Waals surface area contributed by atoms with Crippen molar-refractivity contribution in [1.29, 1.82) is 0 Å². The van der Waals surface area contributed by atoms with E-state index in [4.69, 9.17) is 4.74 Å². The predicted molar refractivity (Wildman–Crippen MR) is 101 cm³/mol. The van der Waals surface area contributed by atoms with E-state index in [0.717, 1.165) is 32.2 Å². The SMILES string of the molecule is CCN1CCN(CCCCNC(=NC)N2CCC(COC)C2)CC1. The standard InChI is InChI=1S/C18H37N5O/c1-4-21-11-13-22(14-12-21)9-6-5-8-20-18(19-2)23-10-7-17(15-23)16-24-3/h17H,4-16H2,1-3H3,(H,19,20). The zero-order valence-electron chi connectivity index (χ0n) is 16.0. The lowest BCUT2D eigenvalue weighted by atomic mass is 10.1. The van der Waals surface area contributed by atoms with Gasteiger partial charge in [-0.3, -0.25) is 4.99 Å². The predicted octanol–water partition coefficient (Wildman–Crippen LogP) is 0.948. The number of hydrogen-bond donors (Lipinski definition) is 1. The number of guanidine groups is 1. The lowest BCUT2D eigenvalue weighted by molar-refractivity contribution is 0.136. The molecule has 0 aromatic heterocycles. The lowest BCUT2D eigenvalue weighted by Gasteiger charge is -2.34. The van der Waals surface area contributed by atoms with Gasteiger partial charge in [0.15, 0.2) is 5.96 Å². The summed E-state index contributed by atoms with van der Waals surface area (Å²) in [6, 6.07) is 0. The molecule has 6 nitrogen and oxygen atoms in total. The number of piperazine rings is 1. The molecule has 0 radical (unpaired) electrons. The Balaban J connectivity index is 1.55. The minimum Gasteiger partial charge on any atom is -0.384 e. The Morgan fingerprint density at radius 3 is 2.54 bits per heavy atom. The van der Waals surface area contributed by atoms with E-state index in [-0.39, 0.29) is 0 Å². The molecule has 0 saturated carbocycles. The molecular weight excluding hydrogens is 302 g/mol. The summed E-state index contributed by atoms with van der Waals surface area (Å²) < 4.78 is 5.28. The molecule has 0 bridgehead atoms. The fourth-order valence-electron chi connectivity index (χ4n) is 3.72. The van der Waals surface area contributed by atoms with Gasteiger partial charge in [-0.15, -0.1) is 0 Å². The third-order valence-electron chi connectivity index (χ3n) is 5.30. The molecule has 1 unspecified atom stereocenters. The van der Waals surface area contributed by atoms with E-state index in [9.17, 15) is 0 Å². The van der Waals surface area contributed by atoms with E-state index < -0.39 is 0 Å². The molecule has 0 aromatic rings. The topological polar surface area (TPSA) is 43.3 Å². The molecule has 0 aromatic carbocycles. The molecule has 2 fully saturated rings. The Labute approximate surface area is 148 Å². The van der Waals surface area contributed by atoms with Crippen molar-refractivity contribution < 1.29 is 4.74 Å². The molecule has 0 aliphatic carbocycles. The maximum atomic E-state index is 5.28. The van der Waals surface area contributed by atoms with E-state index in [1.807, 2.05) is 7.05 Å². The fourth-order valence-corrected chi connectivity index (χ4v) is 3.72. The van der Waals surface area contributed by atoms with E-state index in [1.54, 1.807) is 7.11 Å². The summed E-state index contributed by atoms with van der Waals surface area (Å²) in [5.41, 5.74) is 0. The van der Waals surface area contributed by atoms with Gasteiger partial charge in [0.2, 0.25) is 0 Å². The monoisotopic (exact) mass is 339 g/mol. The molecule has 2 rings (SSSR count). The molecule has 2 heterocycles. The first-order valence-electron chi connectivity index (χ1n) is 9.66. The normalized spacial score (nSPS) is 23.9. The Hall–Kier alpha value is -0.850. The minimum atomic E-state index is 0.648. The van der Waals surface area contributed by atoms with Crippen molar-refractivity contribution in [2.75, 3.05) is 79.7 Å². The Kier molecular flexibility index (Phi) is 8.84. The molecule has 2 saturated heterocycles. The smallest absolute Gasteiger partial charge is 0.193 e. The van der Waals surface area contributed by atoms with Crippen LogP contribution in [0, 0.1) is 5.92 Å². The zero-order valence-corrected chi connectivity index (χ0v) is 16.0. The van der Waals surface area contributed by atoms with Gasteiger partial charge in [-0.1, -0.05) is 6.92 Å². The molecule has 2 aliphatic heterocycles. The number of nitrogens with one attached hydrogen (secondary N) is 1. The zero-order chi connectivity index (χ0) is 17.2. The number of unbranched alkanes of at least 4 members (excludes halogenated alkanes) is 1. The second-order valence-corrected chi connectivity index (χ2v) is 7.01. The molecule has 0 amide bonds. The number of rotatable bonds is 8. The molecule has 0 spiro atoms. The quantitative estimate of drug-likeness (QED) is 0.405. The van der Waals surface area contributed by atoms with Crippen LogP contribution in [0.2, 0.25) is 0 Å². The highest BCUT2D eigenvalue weighted by molar-refractivity contribution is 5.80. The Morgan fingerprint density at radius 1 is 1.12 bits per heavy atom. The summed E-state index contributed by atoms with van der Waals surface area (Å²) in [5.74, 6) is 1.71. The molecular formula is C18H37N5O. The lowest BCUT2D eigenvalue weighted by Crippen LogP contribution is -2.46. The van der Waals surface area contributed by atoms with E-state index >= 15 is 0 Å². The van der Waals surface area contributed by atoms with Crippen LogP contribution in [0.15, 0.2) is 4.99 Å². The van der Waals surface area contributed by atoms with Gasteiger partial charge in [-0.25, -0.2) is 0 Å².